The van der Waals surface area contributed by atoms with Crippen molar-refractivity contribution < 1.29 is 26.5 Å². The molecule has 1 atom stereocenters. The first-order chi connectivity index (χ1) is 14.4. The van der Waals surface area contributed by atoms with E-state index in [1.807, 2.05) is 0 Å². The summed E-state index contributed by atoms with van der Waals surface area (Å²) < 4.78 is 65.9. The molecule has 170 valence electrons. The first-order valence-corrected chi connectivity index (χ1v) is 11.4. The minimum atomic E-state index is -4.55. The molecule has 1 saturated heterocycles. The average Bonchev–Trinajstić information content (AvgIpc) is 3.14. The molecular weight excluding hydrogens is 459 g/mol. The van der Waals surface area contributed by atoms with Gasteiger partial charge in [0.2, 0.25) is 0 Å². The maximum atomic E-state index is 13.2. The summed E-state index contributed by atoms with van der Waals surface area (Å²) in [6.45, 7) is -2.04. The Balaban J connectivity index is 1.90. The fourth-order valence-corrected chi connectivity index (χ4v) is 5.54. The Labute approximate surface area is 181 Å². The Morgan fingerprint density at radius 3 is 2.61 bits per heavy atom. The van der Waals surface area contributed by atoms with Gasteiger partial charge < -0.3 is 4.57 Å². The highest BCUT2D eigenvalue weighted by Gasteiger charge is 2.34. The lowest BCUT2D eigenvalue weighted by atomic mass is 10.1. The van der Waals surface area contributed by atoms with E-state index in [9.17, 15) is 31.7 Å². The van der Waals surface area contributed by atoms with Crippen molar-refractivity contribution in [2.24, 2.45) is 7.05 Å². The zero-order chi connectivity index (χ0) is 23.0. The van der Waals surface area contributed by atoms with Crippen molar-refractivity contribution >= 4 is 27.7 Å². The second-order valence-corrected chi connectivity index (χ2v) is 10.0. The van der Waals surface area contributed by atoms with Gasteiger partial charge in [-0.05, 0) is 18.6 Å². The van der Waals surface area contributed by atoms with Crippen molar-refractivity contribution in [3.05, 3.63) is 50.5 Å². The molecule has 0 amide bonds. The van der Waals surface area contributed by atoms with Gasteiger partial charge in [0.15, 0.2) is 14.6 Å². The first-order valence-electron chi connectivity index (χ1n) is 9.22. The van der Waals surface area contributed by atoms with Crippen molar-refractivity contribution in [2.45, 2.75) is 31.7 Å². The monoisotopic (exact) mass is 479 g/mol. The predicted octanol–water partition coefficient (Wildman–Crippen LogP) is 2.78. The molecule has 3 rings (SSSR count). The minimum Gasteiger partial charge on any atom is -0.307 e. The summed E-state index contributed by atoms with van der Waals surface area (Å²) in [7, 11) is -1.60. The molecular formula is C17H20F3N5O4S2. The maximum Gasteiger partial charge on any atom is 0.401 e. The van der Waals surface area contributed by atoms with Crippen LogP contribution in [0.3, 0.4) is 0 Å². The average molecular weight is 480 g/mol. The molecule has 2 aromatic rings. The highest BCUT2D eigenvalue weighted by molar-refractivity contribution is 7.91. The second-order valence-electron chi connectivity index (χ2n) is 7.43. The van der Waals surface area contributed by atoms with E-state index >= 15 is 0 Å². The Morgan fingerprint density at radius 2 is 2.03 bits per heavy atom. The van der Waals surface area contributed by atoms with Crippen LogP contribution in [0.25, 0.3) is 0 Å². The number of rotatable bonds is 7. The summed E-state index contributed by atoms with van der Waals surface area (Å²) in [5, 5.41) is 15.5. The van der Waals surface area contributed by atoms with Crippen molar-refractivity contribution in [3.8, 4) is 0 Å². The van der Waals surface area contributed by atoms with Crippen LogP contribution >= 0.6 is 12.2 Å². The molecule has 1 unspecified atom stereocenters. The fraction of sp³-hybridized carbons (Fsp3) is 0.529. The third-order valence-electron chi connectivity index (χ3n) is 4.99. The number of halogens is 3. The molecule has 1 fully saturated rings. The second kappa shape index (κ2) is 8.67. The number of para-hydroxylation sites is 1. The van der Waals surface area contributed by atoms with Crippen LogP contribution in [0.15, 0.2) is 24.3 Å². The highest BCUT2D eigenvalue weighted by Crippen LogP contribution is 2.28. The molecule has 0 saturated carbocycles. The van der Waals surface area contributed by atoms with Crippen LogP contribution < -0.4 is 0 Å². The number of sulfone groups is 1. The van der Waals surface area contributed by atoms with Gasteiger partial charge in [0.05, 0.1) is 29.6 Å². The number of hydrogen-bond acceptors (Lipinski definition) is 7. The topological polar surface area (TPSA) is 103 Å². The molecule has 1 aliphatic heterocycles. The summed E-state index contributed by atoms with van der Waals surface area (Å²) in [6, 6.07) is 5.58. The van der Waals surface area contributed by atoms with Gasteiger partial charge in [0.1, 0.15) is 5.82 Å². The summed E-state index contributed by atoms with van der Waals surface area (Å²) >= 11 is 5.30. The fourth-order valence-electron chi connectivity index (χ4n) is 3.61. The van der Waals surface area contributed by atoms with E-state index in [0.717, 1.165) is 4.90 Å². The van der Waals surface area contributed by atoms with Gasteiger partial charge in [-0.15, -0.1) is 0 Å². The van der Waals surface area contributed by atoms with Gasteiger partial charge >= 0.3 is 6.18 Å². The molecule has 0 N–H and O–H groups in total. The maximum absolute atomic E-state index is 13.2. The van der Waals surface area contributed by atoms with E-state index in [-0.39, 0.29) is 46.7 Å². The van der Waals surface area contributed by atoms with E-state index in [1.54, 1.807) is 7.05 Å². The van der Waals surface area contributed by atoms with Crippen LogP contribution in [-0.2, 0) is 30.1 Å². The van der Waals surface area contributed by atoms with Crippen molar-refractivity contribution in [2.75, 3.05) is 18.1 Å². The number of nitro groups is 1. The third kappa shape index (κ3) is 5.68. The number of nitrogens with zero attached hydrogens (tertiary/aromatic N) is 5. The summed E-state index contributed by atoms with van der Waals surface area (Å²) in [5.74, 6) is -0.0579. The molecule has 2 heterocycles. The van der Waals surface area contributed by atoms with Gasteiger partial charge in [-0.3, -0.25) is 15.0 Å². The molecule has 31 heavy (non-hydrogen) atoms. The first kappa shape index (κ1) is 23.3. The van der Waals surface area contributed by atoms with Crippen LogP contribution in [0.4, 0.5) is 18.9 Å². The number of nitro benzene ring substituents is 1. The van der Waals surface area contributed by atoms with Gasteiger partial charge in [-0.2, -0.15) is 18.3 Å². The molecule has 0 aliphatic carbocycles. The minimum absolute atomic E-state index is 0.0230. The molecule has 1 aromatic heterocycles. The lowest BCUT2D eigenvalue weighted by molar-refractivity contribution is -0.385. The summed E-state index contributed by atoms with van der Waals surface area (Å²) in [4.78, 5) is 11.5. The Morgan fingerprint density at radius 1 is 1.35 bits per heavy atom. The smallest absolute Gasteiger partial charge is 0.307 e. The van der Waals surface area contributed by atoms with Gasteiger partial charge in [0, 0.05) is 31.1 Å². The lowest BCUT2D eigenvalue weighted by Gasteiger charge is -2.23. The van der Waals surface area contributed by atoms with Crippen molar-refractivity contribution in [3.63, 3.8) is 0 Å². The SMILES string of the molecule is Cn1c(C2CCS(=O)(=O)C2)nn(CN(Cc2ccccc2[N+](=O)[O-])CC(F)(F)F)c1=S. The van der Waals surface area contributed by atoms with Crippen molar-refractivity contribution in [1.82, 2.24) is 19.2 Å². The quantitative estimate of drug-likeness (QED) is 0.342. The molecule has 9 nitrogen and oxygen atoms in total. The van der Waals surface area contributed by atoms with E-state index in [2.05, 4.69) is 5.10 Å². The molecule has 0 bridgehead atoms. The normalized spacial score (nSPS) is 18.5. The number of alkyl halides is 3. The van der Waals surface area contributed by atoms with Crippen molar-refractivity contribution in [1.29, 1.82) is 0 Å². The Kier molecular flexibility index (Phi) is 6.53. The molecule has 0 spiro atoms. The highest BCUT2D eigenvalue weighted by atomic mass is 32.2. The van der Waals surface area contributed by atoms with Gasteiger partial charge in [0.25, 0.3) is 5.69 Å². The standard InChI is InChI=1S/C17H20F3N5O4S2/c1-22-15(13-6-7-31(28,29)9-13)21-24(16(22)30)11-23(10-17(18,19)20)8-12-4-2-3-5-14(12)25(26)27/h2-5,13H,6-11H2,1H3. The van der Waals surface area contributed by atoms with Crippen LogP contribution in [0.5, 0.6) is 0 Å². The molecule has 1 aliphatic rings. The number of benzene rings is 1. The van der Waals surface area contributed by atoms with E-state index in [4.69, 9.17) is 12.2 Å². The van der Waals surface area contributed by atoms with Crippen LogP contribution in [0.1, 0.15) is 23.7 Å². The Hall–Kier alpha value is -2.32. The molecule has 0 radical (unpaired) electrons. The molecule has 14 heteroatoms. The van der Waals surface area contributed by atoms with Gasteiger partial charge in [-0.1, -0.05) is 18.2 Å². The Bertz CT molecular complexity index is 1140. The lowest BCUT2D eigenvalue weighted by Crippen LogP contribution is -2.35. The zero-order valence-corrected chi connectivity index (χ0v) is 18.1. The van der Waals surface area contributed by atoms with Crippen LogP contribution in [-0.4, -0.2) is 56.8 Å². The summed E-state index contributed by atoms with van der Waals surface area (Å²) in [5.41, 5.74) is -0.155. The zero-order valence-electron chi connectivity index (χ0n) is 16.4. The largest absolute Gasteiger partial charge is 0.401 e. The van der Waals surface area contributed by atoms with Gasteiger partial charge in [-0.25, -0.2) is 13.1 Å². The van der Waals surface area contributed by atoms with E-state index in [1.165, 1.54) is 33.5 Å². The predicted molar refractivity (Wildman–Crippen MR) is 108 cm³/mol. The van der Waals surface area contributed by atoms with E-state index in [0.29, 0.717) is 12.2 Å². The van der Waals surface area contributed by atoms with E-state index < -0.39 is 27.5 Å². The number of aromatic nitrogens is 3. The third-order valence-corrected chi connectivity index (χ3v) is 7.24. The van der Waals surface area contributed by atoms with Crippen LogP contribution in [0, 0.1) is 14.9 Å². The summed E-state index contributed by atoms with van der Waals surface area (Å²) in [6.07, 6.45) is -4.19. The molecule has 1 aromatic carbocycles. The number of hydrogen-bond donors (Lipinski definition) is 0. The van der Waals surface area contributed by atoms with Crippen LogP contribution in [0.2, 0.25) is 0 Å².